The zero-order chi connectivity index (χ0) is 24.0. The first-order chi connectivity index (χ1) is 17.2. The van der Waals surface area contributed by atoms with Crippen molar-refractivity contribution in [2.45, 2.75) is 6.61 Å². The van der Waals surface area contributed by atoms with Crippen LogP contribution in [0.25, 0.3) is 22.4 Å². The van der Waals surface area contributed by atoms with Gasteiger partial charge in [0.05, 0.1) is 31.7 Å². The molecular weight excluding hydrogens is 446 g/mol. The van der Waals surface area contributed by atoms with Crippen LogP contribution < -0.4 is 16.0 Å². The first-order valence-corrected chi connectivity index (χ1v) is 11.3. The molecule has 10 nitrogen and oxygen atoms in total. The molecule has 0 unspecified atom stereocenters. The van der Waals surface area contributed by atoms with Gasteiger partial charge in [-0.1, -0.05) is 42.5 Å². The third kappa shape index (κ3) is 5.51. The lowest BCUT2D eigenvalue weighted by Crippen LogP contribution is -2.37. The molecule has 1 aliphatic heterocycles. The van der Waals surface area contributed by atoms with E-state index in [4.69, 9.17) is 20.2 Å². The average molecular weight is 472 g/mol. The van der Waals surface area contributed by atoms with Crippen LogP contribution in [0.4, 0.5) is 17.5 Å². The fourth-order valence-electron chi connectivity index (χ4n) is 3.83. The highest BCUT2D eigenvalue weighted by molar-refractivity contribution is 5.92. The van der Waals surface area contributed by atoms with E-state index in [1.54, 1.807) is 6.20 Å². The number of ether oxygens (including phenoxy) is 2. The van der Waals surface area contributed by atoms with Gasteiger partial charge in [-0.2, -0.15) is 9.97 Å². The van der Waals surface area contributed by atoms with Crippen molar-refractivity contribution in [2.75, 3.05) is 48.9 Å². The molecule has 0 atom stereocenters. The molecule has 0 saturated carbocycles. The molecule has 3 N–H and O–H groups in total. The van der Waals surface area contributed by atoms with Crippen molar-refractivity contribution in [3.8, 4) is 11.3 Å². The van der Waals surface area contributed by atoms with Crippen LogP contribution >= 0.6 is 0 Å². The van der Waals surface area contributed by atoms with Gasteiger partial charge in [0.15, 0.2) is 17.0 Å². The summed E-state index contributed by atoms with van der Waals surface area (Å²) in [5.74, 6) is 0.562. The van der Waals surface area contributed by atoms with Crippen molar-refractivity contribution < 1.29 is 14.3 Å². The second-order valence-electron chi connectivity index (χ2n) is 8.04. The molecule has 35 heavy (non-hydrogen) atoms. The molecule has 1 saturated heterocycles. The number of hydrogen-bond acceptors (Lipinski definition) is 9. The van der Waals surface area contributed by atoms with Gasteiger partial charge < -0.3 is 25.4 Å². The summed E-state index contributed by atoms with van der Waals surface area (Å²) in [5, 5.41) is 2.87. The standard InChI is InChI=1S/C25H25N7O3/c26-25-30-23-22(24(31-25)32-9-11-34-12-10-32)29-20(14-27-23)18-7-4-8-19(13-18)28-21(33)16-35-15-17-5-2-1-3-6-17/h1-8,13-14H,9-12,15-16H2,(H,28,33)(H2,26,27,30,31). The SMILES string of the molecule is Nc1nc(N2CCOCC2)c2nc(-c3cccc(NC(=O)COCc4ccccc4)c3)cnc2n1. The van der Waals surface area contributed by atoms with Crippen LogP contribution in [0.15, 0.2) is 60.8 Å². The summed E-state index contributed by atoms with van der Waals surface area (Å²) in [7, 11) is 0. The molecule has 2 aromatic carbocycles. The van der Waals surface area contributed by atoms with E-state index in [9.17, 15) is 4.79 Å². The summed E-state index contributed by atoms with van der Waals surface area (Å²) in [6.45, 7) is 2.91. The number of aromatic nitrogens is 4. The Morgan fingerprint density at radius 1 is 1.06 bits per heavy atom. The van der Waals surface area contributed by atoms with Gasteiger partial charge in [0.2, 0.25) is 11.9 Å². The van der Waals surface area contributed by atoms with Gasteiger partial charge in [-0.25, -0.2) is 9.97 Å². The Bertz CT molecular complexity index is 1330. The lowest BCUT2D eigenvalue weighted by molar-refractivity contribution is -0.121. The van der Waals surface area contributed by atoms with Crippen LogP contribution in [0.3, 0.4) is 0 Å². The monoisotopic (exact) mass is 471 g/mol. The van der Waals surface area contributed by atoms with Crippen LogP contribution in [-0.2, 0) is 20.9 Å². The first kappa shape index (κ1) is 22.6. The topological polar surface area (TPSA) is 128 Å². The molecule has 4 aromatic rings. The van der Waals surface area contributed by atoms with Gasteiger partial charge in [0.25, 0.3) is 0 Å². The molecule has 0 spiro atoms. The molecule has 0 radical (unpaired) electrons. The highest BCUT2D eigenvalue weighted by atomic mass is 16.5. The highest BCUT2D eigenvalue weighted by Gasteiger charge is 2.19. The zero-order valence-electron chi connectivity index (χ0n) is 19.1. The Morgan fingerprint density at radius 2 is 1.89 bits per heavy atom. The number of carbonyl (C=O) groups is 1. The molecule has 1 amide bonds. The number of anilines is 3. The van der Waals surface area contributed by atoms with Crippen LogP contribution in [0.2, 0.25) is 0 Å². The zero-order valence-corrected chi connectivity index (χ0v) is 19.1. The van der Waals surface area contributed by atoms with E-state index in [1.807, 2.05) is 54.6 Å². The van der Waals surface area contributed by atoms with E-state index in [2.05, 4.69) is 25.2 Å². The van der Waals surface area contributed by atoms with Gasteiger partial charge in [-0.3, -0.25) is 4.79 Å². The number of morpholine rings is 1. The van der Waals surface area contributed by atoms with Crippen molar-refractivity contribution in [2.24, 2.45) is 0 Å². The molecule has 3 heterocycles. The lowest BCUT2D eigenvalue weighted by atomic mass is 10.1. The number of benzene rings is 2. The lowest BCUT2D eigenvalue weighted by Gasteiger charge is -2.28. The molecule has 178 valence electrons. The van der Waals surface area contributed by atoms with E-state index < -0.39 is 0 Å². The van der Waals surface area contributed by atoms with E-state index in [1.165, 1.54) is 0 Å². The summed E-state index contributed by atoms with van der Waals surface area (Å²) in [4.78, 5) is 32.4. The minimum absolute atomic E-state index is 0.0451. The van der Waals surface area contributed by atoms with E-state index >= 15 is 0 Å². The van der Waals surface area contributed by atoms with Gasteiger partial charge in [-0.15, -0.1) is 0 Å². The third-order valence-corrected chi connectivity index (χ3v) is 5.50. The number of nitrogens with zero attached hydrogens (tertiary/aromatic N) is 5. The third-order valence-electron chi connectivity index (χ3n) is 5.50. The second-order valence-corrected chi connectivity index (χ2v) is 8.04. The number of nitrogen functional groups attached to an aromatic ring is 1. The average Bonchev–Trinajstić information content (AvgIpc) is 2.89. The number of carbonyl (C=O) groups excluding carboxylic acids is 1. The molecule has 10 heteroatoms. The molecule has 1 aliphatic rings. The summed E-state index contributed by atoms with van der Waals surface area (Å²) >= 11 is 0. The normalized spacial score (nSPS) is 13.7. The summed E-state index contributed by atoms with van der Waals surface area (Å²) in [6.07, 6.45) is 1.64. The van der Waals surface area contributed by atoms with Gasteiger partial charge in [0, 0.05) is 24.3 Å². The highest BCUT2D eigenvalue weighted by Crippen LogP contribution is 2.27. The maximum absolute atomic E-state index is 12.4. The van der Waals surface area contributed by atoms with Crippen molar-refractivity contribution >= 4 is 34.5 Å². The second kappa shape index (κ2) is 10.4. The first-order valence-electron chi connectivity index (χ1n) is 11.3. The molecule has 0 bridgehead atoms. The Morgan fingerprint density at radius 3 is 2.71 bits per heavy atom. The van der Waals surface area contributed by atoms with E-state index in [0.717, 1.165) is 11.1 Å². The predicted octanol–water partition coefficient (Wildman–Crippen LogP) is 2.66. The maximum Gasteiger partial charge on any atom is 0.250 e. The predicted molar refractivity (Wildman–Crippen MR) is 133 cm³/mol. The van der Waals surface area contributed by atoms with Crippen molar-refractivity contribution in [3.05, 3.63) is 66.4 Å². The molecule has 0 aliphatic carbocycles. The largest absolute Gasteiger partial charge is 0.378 e. The van der Waals surface area contributed by atoms with Crippen LogP contribution in [0.1, 0.15) is 5.56 Å². The number of nitrogens with one attached hydrogen (secondary N) is 1. The maximum atomic E-state index is 12.4. The summed E-state index contributed by atoms with van der Waals surface area (Å²) in [6, 6.07) is 17.1. The Hall–Kier alpha value is -4.15. The smallest absolute Gasteiger partial charge is 0.250 e. The van der Waals surface area contributed by atoms with Crippen molar-refractivity contribution in [1.82, 2.24) is 19.9 Å². The van der Waals surface area contributed by atoms with Crippen molar-refractivity contribution in [3.63, 3.8) is 0 Å². The van der Waals surface area contributed by atoms with E-state index in [0.29, 0.717) is 61.3 Å². The number of hydrogen-bond donors (Lipinski definition) is 2. The minimum Gasteiger partial charge on any atom is -0.378 e. The number of rotatable bonds is 7. The van der Waals surface area contributed by atoms with Gasteiger partial charge in [-0.05, 0) is 17.7 Å². The van der Waals surface area contributed by atoms with Gasteiger partial charge >= 0.3 is 0 Å². The van der Waals surface area contributed by atoms with E-state index in [-0.39, 0.29) is 18.5 Å². The molecule has 2 aromatic heterocycles. The summed E-state index contributed by atoms with van der Waals surface area (Å²) < 4.78 is 11.0. The Kier molecular flexibility index (Phi) is 6.73. The Labute approximate surface area is 202 Å². The molecule has 5 rings (SSSR count). The van der Waals surface area contributed by atoms with Crippen LogP contribution in [0.5, 0.6) is 0 Å². The molecular formula is C25H25N7O3. The number of nitrogens with two attached hydrogens (primary N) is 1. The summed E-state index contributed by atoms with van der Waals surface area (Å²) in [5.41, 5.74) is 10.0. The number of amides is 1. The number of fused-ring (bicyclic) bond motifs is 1. The van der Waals surface area contributed by atoms with Crippen LogP contribution in [-0.4, -0.2) is 58.8 Å². The Balaban J connectivity index is 1.32. The van der Waals surface area contributed by atoms with Crippen LogP contribution in [0, 0.1) is 0 Å². The van der Waals surface area contributed by atoms with Crippen molar-refractivity contribution in [1.29, 1.82) is 0 Å². The minimum atomic E-state index is -0.235. The quantitative estimate of drug-likeness (QED) is 0.418. The fraction of sp³-hybridized carbons (Fsp3) is 0.240. The van der Waals surface area contributed by atoms with Gasteiger partial charge in [0.1, 0.15) is 6.61 Å². The fourth-order valence-corrected chi connectivity index (χ4v) is 3.83. The molecule has 1 fully saturated rings.